The lowest BCUT2D eigenvalue weighted by Crippen LogP contribution is -2.45. The molecule has 0 spiro atoms. The van der Waals surface area contributed by atoms with Crippen LogP contribution in [0.3, 0.4) is 0 Å². The molecule has 0 aromatic carbocycles. The van der Waals surface area contributed by atoms with E-state index in [0.717, 1.165) is 37.2 Å². The summed E-state index contributed by atoms with van der Waals surface area (Å²) in [5, 5.41) is 6.99. The molecule has 2 aliphatic rings. The predicted molar refractivity (Wildman–Crippen MR) is 110 cm³/mol. The zero-order valence-corrected chi connectivity index (χ0v) is 16.9. The Morgan fingerprint density at radius 1 is 1.29 bits per heavy atom. The van der Waals surface area contributed by atoms with Gasteiger partial charge in [-0.15, -0.1) is 24.0 Å². The third kappa shape index (κ3) is 5.58. The van der Waals surface area contributed by atoms with Gasteiger partial charge in [-0.3, -0.25) is 14.9 Å². The highest BCUT2D eigenvalue weighted by atomic mass is 127. The minimum absolute atomic E-state index is 0. The first kappa shape index (κ1) is 19.4. The van der Waals surface area contributed by atoms with Crippen molar-refractivity contribution >= 4 is 29.9 Å². The molecule has 0 bridgehead atoms. The van der Waals surface area contributed by atoms with Crippen molar-refractivity contribution in [1.29, 1.82) is 0 Å². The average molecular weight is 443 g/mol. The van der Waals surface area contributed by atoms with Gasteiger partial charge in [-0.05, 0) is 31.4 Å². The van der Waals surface area contributed by atoms with E-state index in [0.29, 0.717) is 6.04 Å². The Balaban J connectivity index is 0.00000208. The lowest BCUT2D eigenvalue weighted by Gasteiger charge is -2.24. The van der Waals surface area contributed by atoms with Gasteiger partial charge >= 0.3 is 0 Å². The van der Waals surface area contributed by atoms with Crippen LogP contribution < -0.4 is 10.6 Å². The molecule has 3 rings (SSSR count). The van der Waals surface area contributed by atoms with E-state index in [1.54, 1.807) is 0 Å². The van der Waals surface area contributed by atoms with Gasteiger partial charge in [0.15, 0.2) is 5.96 Å². The molecule has 1 aliphatic carbocycles. The topological polar surface area (TPSA) is 52.6 Å². The first-order chi connectivity index (χ1) is 11.3. The molecule has 2 fully saturated rings. The average Bonchev–Trinajstić information content (AvgIpc) is 3.26. The van der Waals surface area contributed by atoms with Crippen molar-refractivity contribution in [1.82, 2.24) is 20.5 Å². The summed E-state index contributed by atoms with van der Waals surface area (Å²) in [6.45, 7) is 3.24. The molecule has 1 atom stereocenters. The largest absolute Gasteiger partial charge is 0.356 e. The second kappa shape index (κ2) is 10.2. The van der Waals surface area contributed by atoms with Gasteiger partial charge in [-0.1, -0.05) is 18.9 Å². The maximum Gasteiger partial charge on any atom is 0.191 e. The van der Waals surface area contributed by atoms with Crippen LogP contribution in [0.25, 0.3) is 0 Å². The summed E-state index contributed by atoms with van der Waals surface area (Å²) in [5.74, 6) is 0.916. The van der Waals surface area contributed by atoms with Gasteiger partial charge in [0.1, 0.15) is 0 Å². The number of aromatic nitrogens is 1. The van der Waals surface area contributed by atoms with Gasteiger partial charge < -0.3 is 10.6 Å². The summed E-state index contributed by atoms with van der Waals surface area (Å²) < 4.78 is 0. The van der Waals surface area contributed by atoms with Crippen molar-refractivity contribution in [2.24, 2.45) is 4.99 Å². The summed E-state index contributed by atoms with van der Waals surface area (Å²) in [7, 11) is 1.85. The van der Waals surface area contributed by atoms with Gasteiger partial charge in [0.25, 0.3) is 0 Å². The van der Waals surface area contributed by atoms with Gasteiger partial charge in [-0.2, -0.15) is 0 Å². The third-order valence-corrected chi connectivity index (χ3v) is 5.02. The summed E-state index contributed by atoms with van der Waals surface area (Å²) in [4.78, 5) is 11.4. The monoisotopic (exact) mass is 443 g/mol. The molecule has 134 valence electrons. The quantitative estimate of drug-likeness (QED) is 0.417. The molecule has 2 N–H and O–H groups in total. The molecule has 0 radical (unpaired) electrons. The number of halogens is 1. The molecule has 2 heterocycles. The fraction of sp³-hybridized carbons (Fsp3) is 0.667. The van der Waals surface area contributed by atoms with Crippen molar-refractivity contribution in [2.75, 3.05) is 26.7 Å². The maximum absolute atomic E-state index is 4.36. The molecule has 0 amide bonds. The standard InChI is InChI=1S/C18H29N5.HI/c1-19-18(21-12-9-15-6-4-5-11-20-15)22-16-10-13-23(14-16)17-7-2-3-8-17;/h4-6,11,16-17H,2-3,7-10,12-14H2,1H3,(H2,19,21,22);1H. The maximum atomic E-state index is 4.36. The first-order valence-electron chi connectivity index (χ1n) is 8.96. The fourth-order valence-electron chi connectivity index (χ4n) is 3.75. The van der Waals surface area contributed by atoms with Gasteiger partial charge in [0.2, 0.25) is 0 Å². The highest BCUT2D eigenvalue weighted by Gasteiger charge is 2.30. The Kier molecular flexibility index (Phi) is 8.24. The van der Waals surface area contributed by atoms with Crippen LogP contribution in [0.4, 0.5) is 0 Å². The second-order valence-electron chi connectivity index (χ2n) is 6.63. The zero-order chi connectivity index (χ0) is 15.9. The predicted octanol–water partition coefficient (Wildman–Crippen LogP) is 2.42. The van der Waals surface area contributed by atoms with E-state index in [1.807, 2.05) is 25.4 Å². The minimum Gasteiger partial charge on any atom is -0.356 e. The van der Waals surface area contributed by atoms with Crippen molar-refractivity contribution in [2.45, 2.75) is 50.6 Å². The lowest BCUT2D eigenvalue weighted by atomic mass is 10.2. The zero-order valence-electron chi connectivity index (χ0n) is 14.6. The van der Waals surface area contributed by atoms with Crippen LogP contribution in [0, 0.1) is 0 Å². The Hall–Kier alpha value is -0.890. The van der Waals surface area contributed by atoms with E-state index in [9.17, 15) is 0 Å². The Bertz CT molecular complexity index is 501. The summed E-state index contributed by atoms with van der Waals surface area (Å²) >= 11 is 0. The Labute approximate surface area is 162 Å². The number of hydrogen-bond donors (Lipinski definition) is 2. The van der Waals surface area contributed by atoms with Crippen molar-refractivity contribution in [3.8, 4) is 0 Å². The van der Waals surface area contributed by atoms with Crippen LogP contribution in [0.5, 0.6) is 0 Å². The number of nitrogens with one attached hydrogen (secondary N) is 2. The van der Waals surface area contributed by atoms with Crippen LogP contribution in [-0.4, -0.2) is 54.6 Å². The molecular weight excluding hydrogens is 413 g/mol. The first-order valence-corrected chi connectivity index (χ1v) is 8.96. The molecule has 5 nitrogen and oxygen atoms in total. The van der Waals surface area contributed by atoms with Crippen LogP contribution in [0.2, 0.25) is 0 Å². The molecular formula is C18H30IN5. The smallest absolute Gasteiger partial charge is 0.191 e. The van der Waals surface area contributed by atoms with Crippen molar-refractivity contribution in [3.63, 3.8) is 0 Å². The van der Waals surface area contributed by atoms with Gasteiger partial charge in [0.05, 0.1) is 0 Å². The van der Waals surface area contributed by atoms with Gasteiger partial charge in [0, 0.05) is 57.1 Å². The molecule has 24 heavy (non-hydrogen) atoms. The van der Waals surface area contributed by atoms with E-state index >= 15 is 0 Å². The molecule has 1 saturated heterocycles. The summed E-state index contributed by atoms with van der Waals surface area (Å²) in [6, 6.07) is 7.41. The number of guanidine groups is 1. The third-order valence-electron chi connectivity index (χ3n) is 5.02. The molecule has 1 aliphatic heterocycles. The Morgan fingerprint density at radius 2 is 2.12 bits per heavy atom. The highest BCUT2D eigenvalue weighted by Crippen LogP contribution is 2.26. The Morgan fingerprint density at radius 3 is 2.83 bits per heavy atom. The molecule has 1 saturated carbocycles. The number of nitrogens with zero attached hydrogens (tertiary/aromatic N) is 3. The minimum atomic E-state index is 0. The van der Waals surface area contributed by atoms with Crippen LogP contribution >= 0.6 is 24.0 Å². The SMILES string of the molecule is CN=C(NCCc1ccccn1)NC1CCN(C2CCCC2)C1.I. The van der Waals surface area contributed by atoms with Crippen LogP contribution in [-0.2, 0) is 6.42 Å². The molecule has 1 aromatic rings. The van der Waals surface area contributed by atoms with E-state index in [2.05, 4.69) is 31.6 Å². The number of pyridine rings is 1. The van der Waals surface area contributed by atoms with E-state index in [4.69, 9.17) is 0 Å². The van der Waals surface area contributed by atoms with E-state index < -0.39 is 0 Å². The molecule has 1 unspecified atom stereocenters. The number of likely N-dealkylation sites (tertiary alicyclic amines) is 1. The number of hydrogen-bond acceptors (Lipinski definition) is 3. The normalized spacial score (nSPS) is 22.4. The van der Waals surface area contributed by atoms with Gasteiger partial charge in [-0.25, -0.2) is 0 Å². The van der Waals surface area contributed by atoms with E-state index in [-0.39, 0.29) is 24.0 Å². The second-order valence-corrected chi connectivity index (χ2v) is 6.63. The highest BCUT2D eigenvalue weighted by molar-refractivity contribution is 14.0. The molecule has 6 heteroatoms. The lowest BCUT2D eigenvalue weighted by molar-refractivity contribution is 0.242. The van der Waals surface area contributed by atoms with Crippen LogP contribution in [0.1, 0.15) is 37.8 Å². The summed E-state index contributed by atoms with van der Waals surface area (Å²) in [5.41, 5.74) is 1.11. The number of aliphatic imine (C=N–C) groups is 1. The fourth-order valence-corrected chi connectivity index (χ4v) is 3.75. The summed E-state index contributed by atoms with van der Waals surface area (Å²) in [6.07, 6.45) is 9.59. The van der Waals surface area contributed by atoms with Crippen molar-refractivity contribution in [3.05, 3.63) is 30.1 Å². The van der Waals surface area contributed by atoms with E-state index in [1.165, 1.54) is 38.6 Å². The van der Waals surface area contributed by atoms with Crippen molar-refractivity contribution < 1.29 is 0 Å². The molecule has 1 aromatic heterocycles. The number of rotatable bonds is 5. The van der Waals surface area contributed by atoms with Crippen LogP contribution in [0.15, 0.2) is 29.4 Å².